The summed E-state index contributed by atoms with van der Waals surface area (Å²) in [4.78, 5) is 0. The highest BCUT2D eigenvalue weighted by Gasteiger charge is 2.05. The number of hydrogen-bond donors (Lipinski definition) is 2. The third kappa shape index (κ3) is 7.79. The first-order valence-corrected chi connectivity index (χ1v) is 8.40. The van der Waals surface area contributed by atoms with E-state index in [0.29, 0.717) is 5.56 Å². The number of aromatic hydroxyl groups is 2. The first kappa shape index (κ1) is 17.6. The SMILES string of the molecule is CCCCCCCC=CCCCCc1c(O)cccc1O. The van der Waals surface area contributed by atoms with Crippen LogP contribution in [0.5, 0.6) is 11.5 Å². The van der Waals surface area contributed by atoms with Gasteiger partial charge in [0.05, 0.1) is 0 Å². The zero-order valence-corrected chi connectivity index (χ0v) is 13.4. The van der Waals surface area contributed by atoms with Crippen LogP contribution in [0.2, 0.25) is 0 Å². The standard InChI is InChI=1S/C19H30O2/c1-2-3-4-5-6-7-8-9-10-11-12-14-17-18(20)15-13-16-19(17)21/h8-9,13,15-16,20-21H,2-7,10-12,14H2,1H3. The van der Waals surface area contributed by atoms with Gasteiger partial charge in [0.15, 0.2) is 0 Å². The van der Waals surface area contributed by atoms with Crippen LogP contribution in [0, 0.1) is 0 Å². The summed E-state index contributed by atoms with van der Waals surface area (Å²) >= 11 is 0. The lowest BCUT2D eigenvalue weighted by molar-refractivity contribution is 0.436. The normalized spacial score (nSPS) is 11.3. The van der Waals surface area contributed by atoms with Crippen molar-refractivity contribution in [2.75, 3.05) is 0 Å². The van der Waals surface area contributed by atoms with Gasteiger partial charge < -0.3 is 10.2 Å². The second-order valence-electron chi connectivity index (χ2n) is 5.69. The largest absolute Gasteiger partial charge is 0.508 e. The average molecular weight is 290 g/mol. The molecular formula is C19H30O2. The molecule has 0 bridgehead atoms. The average Bonchev–Trinajstić information content (AvgIpc) is 2.47. The highest BCUT2D eigenvalue weighted by molar-refractivity contribution is 5.42. The fourth-order valence-corrected chi connectivity index (χ4v) is 2.48. The summed E-state index contributed by atoms with van der Waals surface area (Å²) in [6, 6.07) is 4.93. The van der Waals surface area contributed by atoms with Crippen LogP contribution >= 0.6 is 0 Å². The summed E-state index contributed by atoms with van der Waals surface area (Å²) in [5.41, 5.74) is 0.678. The minimum absolute atomic E-state index is 0.206. The van der Waals surface area contributed by atoms with Crippen LogP contribution in [0.3, 0.4) is 0 Å². The molecule has 0 spiro atoms. The van der Waals surface area contributed by atoms with Crippen molar-refractivity contribution in [3.8, 4) is 11.5 Å². The number of phenols is 2. The van der Waals surface area contributed by atoms with Gasteiger partial charge in [0.1, 0.15) is 11.5 Å². The molecule has 0 heterocycles. The Morgan fingerprint density at radius 1 is 0.810 bits per heavy atom. The van der Waals surface area contributed by atoms with Crippen LogP contribution in [0.15, 0.2) is 30.4 Å². The van der Waals surface area contributed by atoms with Gasteiger partial charge in [-0.1, -0.05) is 50.8 Å². The van der Waals surface area contributed by atoms with Crippen molar-refractivity contribution in [3.05, 3.63) is 35.9 Å². The Balaban J connectivity index is 2.04. The van der Waals surface area contributed by atoms with Gasteiger partial charge >= 0.3 is 0 Å². The first-order chi connectivity index (χ1) is 10.3. The molecule has 21 heavy (non-hydrogen) atoms. The molecule has 0 radical (unpaired) electrons. The van der Waals surface area contributed by atoms with E-state index in [1.54, 1.807) is 18.2 Å². The van der Waals surface area contributed by atoms with E-state index in [9.17, 15) is 10.2 Å². The zero-order chi connectivity index (χ0) is 15.3. The van der Waals surface area contributed by atoms with Crippen LogP contribution in [-0.2, 0) is 6.42 Å². The van der Waals surface area contributed by atoms with Crippen LogP contribution < -0.4 is 0 Å². The van der Waals surface area contributed by atoms with Gasteiger partial charge in [-0.25, -0.2) is 0 Å². The van der Waals surface area contributed by atoms with E-state index in [4.69, 9.17) is 0 Å². The van der Waals surface area contributed by atoms with Crippen molar-refractivity contribution in [2.24, 2.45) is 0 Å². The van der Waals surface area contributed by atoms with Crippen molar-refractivity contribution in [1.82, 2.24) is 0 Å². The molecule has 1 rings (SSSR count). The minimum atomic E-state index is 0.206. The van der Waals surface area contributed by atoms with Gasteiger partial charge in [-0.15, -0.1) is 0 Å². The van der Waals surface area contributed by atoms with Gasteiger partial charge in [0.2, 0.25) is 0 Å². The monoisotopic (exact) mass is 290 g/mol. The van der Waals surface area contributed by atoms with E-state index < -0.39 is 0 Å². The highest BCUT2D eigenvalue weighted by Crippen LogP contribution is 2.27. The van der Waals surface area contributed by atoms with Gasteiger partial charge in [-0.05, 0) is 50.7 Å². The summed E-state index contributed by atoms with van der Waals surface area (Å²) in [5, 5.41) is 19.4. The molecule has 0 aliphatic heterocycles. The zero-order valence-electron chi connectivity index (χ0n) is 13.4. The molecule has 0 saturated heterocycles. The minimum Gasteiger partial charge on any atom is -0.508 e. The second-order valence-corrected chi connectivity index (χ2v) is 5.69. The molecule has 2 heteroatoms. The fraction of sp³-hybridized carbons (Fsp3) is 0.579. The second kappa shape index (κ2) is 11.2. The summed E-state index contributed by atoms with van der Waals surface area (Å²) in [5.74, 6) is 0.412. The lowest BCUT2D eigenvalue weighted by Gasteiger charge is -2.06. The van der Waals surface area contributed by atoms with Crippen LogP contribution in [0.4, 0.5) is 0 Å². The van der Waals surface area contributed by atoms with Crippen LogP contribution in [0.25, 0.3) is 0 Å². The van der Waals surface area contributed by atoms with Crippen molar-refractivity contribution in [2.45, 2.75) is 71.1 Å². The quantitative estimate of drug-likeness (QED) is 0.404. The molecule has 0 amide bonds. The molecule has 0 saturated carbocycles. The first-order valence-electron chi connectivity index (χ1n) is 8.40. The molecular weight excluding hydrogens is 260 g/mol. The van der Waals surface area contributed by atoms with Crippen molar-refractivity contribution in [3.63, 3.8) is 0 Å². The number of hydrogen-bond acceptors (Lipinski definition) is 2. The highest BCUT2D eigenvalue weighted by atomic mass is 16.3. The number of unbranched alkanes of at least 4 members (excludes halogenated alkanes) is 7. The van der Waals surface area contributed by atoms with Gasteiger partial charge in [-0.2, -0.15) is 0 Å². The number of benzene rings is 1. The third-order valence-electron chi connectivity index (χ3n) is 3.82. The Kier molecular flexibility index (Phi) is 9.43. The van der Waals surface area contributed by atoms with Crippen molar-refractivity contribution < 1.29 is 10.2 Å². The molecule has 0 aliphatic rings. The molecule has 2 N–H and O–H groups in total. The van der Waals surface area contributed by atoms with Gasteiger partial charge in [-0.3, -0.25) is 0 Å². The van der Waals surface area contributed by atoms with Crippen molar-refractivity contribution >= 4 is 0 Å². The molecule has 0 aliphatic carbocycles. The summed E-state index contributed by atoms with van der Waals surface area (Å²) in [6.07, 6.45) is 16.4. The summed E-state index contributed by atoms with van der Waals surface area (Å²) in [7, 11) is 0. The van der Waals surface area contributed by atoms with E-state index in [-0.39, 0.29) is 11.5 Å². The number of rotatable bonds is 11. The molecule has 1 aromatic rings. The maximum Gasteiger partial charge on any atom is 0.122 e. The Labute approximate surface area is 129 Å². The molecule has 0 fully saturated rings. The smallest absolute Gasteiger partial charge is 0.122 e. The fourth-order valence-electron chi connectivity index (χ4n) is 2.48. The predicted octanol–water partition coefficient (Wildman–Crippen LogP) is 5.73. The third-order valence-corrected chi connectivity index (χ3v) is 3.82. The maximum atomic E-state index is 9.68. The Hall–Kier alpha value is -1.44. The van der Waals surface area contributed by atoms with E-state index >= 15 is 0 Å². The van der Waals surface area contributed by atoms with Gasteiger partial charge in [0, 0.05) is 5.56 Å². The summed E-state index contributed by atoms with van der Waals surface area (Å²) in [6.45, 7) is 2.24. The van der Waals surface area contributed by atoms with E-state index in [1.165, 1.54) is 38.5 Å². The van der Waals surface area contributed by atoms with Gasteiger partial charge in [0.25, 0.3) is 0 Å². The molecule has 0 aromatic heterocycles. The Morgan fingerprint density at radius 2 is 1.38 bits per heavy atom. The van der Waals surface area contributed by atoms with E-state index in [2.05, 4.69) is 19.1 Å². The lowest BCUT2D eigenvalue weighted by Crippen LogP contribution is -1.87. The van der Waals surface area contributed by atoms with Crippen LogP contribution in [-0.4, -0.2) is 10.2 Å². The molecule has 118 valence electrons. The topological polar surface area (TPSA) is 40.5 Å². The molecule has 2 nitrogen and oxygen atoms in total. The Morgan fingerprint density at radius 3 is 2.00 bits per heavy atom. The lowest BCUT2D eigenvalue weighted by atomic mass is 10.0. The molecule has 1 aromatic carbocycles. The molecule has 0 unspecified atom stereocenters. The number of allylic oxidation sites excluding steroid dienone is 2. The van der Waals surface area contributed by atoms with E-state index in [0.717, 1.165) is 25.7 Å². The predicted molar refractivity (Wildman–Crippen MR) is 89.8 cm³/mol. The maximum absolute atomic E-state index is 9.68. The Bertz CT molecular complexity index is 390. The number of phenolic OH excluding ortho intramolecular Hbond substituents is 2. The van der Waals surface area contributed by atoms with Crippen LogP contribution in [0.1, 0.15) is 70.3 Å². The summed E-state index contributed by atoms with van der Waals surface area (Å²) < 4.78 is 0. The van der Waals surface area contributed by atoms with E-state index in [1.807, 2.05) is 0 Å². The molecule has 0 atom stereocenters. The van der Waals surface area contributed by atoms with Crippen molar-refractivity contribution in [1.29, 1.82) is 0 Å².